The second kappa shape index (κ2) is 9.75. The van der Waals surface area contributed by atoms with Crippen molar-refractivity contribution in [1.82, 2.24) is 0 Å². The molecule has 0 aliphatic rings. The average Bonchev–Trinajstić information content (AvgIpc) is 2.76. The number of benzene rings is 2. The molecule has 3 aromatic rings. The highest BCUT2D eigenvalue weighted by molar-refractivity contribution is 6.30. The lowest BCUT2D eigenvalue weighted by molar-refractivity contribution is 0.0521. The van der Waals surface area contributed by atoms with Gasteiger partial charge in [-0.05, 0) is 78.9 Å². The second-order valence-electron chi connectivity index (χ2n) is 7.21. The zero-order chi connectivity index (χ0) is 22.5. The minimum absolute atomic E-state index is 0.111. The molecule has 0 N–H and O–H groups in total. The van der Waals surface area contributed by atoms with Gasteiger partial charge in [0.2, 0.25) is 0 Å². The molecule has 1 heterocycles. The summed E-state index contributed by atoms with van der Waals surface area (Å²) >= 11 is 5.88. The molecule has 0 saturated heterocycles. The van der Waals surface area contributed by atoms with E-state index in [1.165, 1.54) is 12.1 Å². The Morgan fingerprint density at radius 1 is 1.13 bits per heavy atom. The van der Waals surface area contributed by atoms with Gasteiger partial charge in [0.05, 0.1) is 6.61 Å². The van der Waals surface area contributed by atoms with E-state index in [9.17, 15) is 14.4 Å². The van der Waals surface area contributed by atoms with Crippen molar-refractivity contribution in [2.45, 2.75) is 33.1 Å². The van der Waals surface area contributed by atoms with Crippen LogP contribution in [-0.4, -0.2) is 18.4 Å². The fourth-order valence-corrected chi connectivity index (χ4v) is 3.33. The van der Waals surface area contributed by atoms with E-state index in [0.29, 0.717) is 21.6 Å². The first-order valence-electron chi connectivity index (χ1n) is 10.1. The molecule has 1 aromatic heterocycles. The van der Waals surface area contributed by atoms with Crippen LogP contribution in [0.15, 0.2) is 57.8 Å². The minimum atomic E-state index is -0.725. The van der Waals surface area contributed by atoms with Crippen LogP contribution in [0.2, 0.25) is 5.02 Å². The third-order valence-corrected chi connectivity index (χ3v) is 5.33. The van der Waals surface area contributed by atoms with Gasteiger partial charge in [-0.3, -0.25) is 4.79 Å². The summed E-state index contributed by atoms with van der Waals surface area (Å²) in [4.78, 5) is 36.9. The molecule has 2 aromatic carbocycles. The predicted molar refractivity (Wildman–Crippen MR) is 122 cm³/mol. The number of allylic oxidation sites excluding steroid dienone is 1. The topological polar surface area (TPSA) is 73.6 Å². The summed E-state index contributed by atoms with van der Waals surface area (Å²) in [5.41, 5.74) is 1.69. The lowest BCUT2D eigenvalue weighted by Crippen LogP contribution is -2.16. The third-order valence-electron chi connectivity index (χ3n) is 5.08. The van der Waals surface area contributed by atoms with Crippen LogP contribution in [0.3, 0.4) is 0 Å². The fourth-order valence-electron chi connectivity index (χ4n) is 3.20. The molecule has 0 saturated carbocycles. The highest BCUT2D eigenvalue weighted by Gasteiger charge is 2.18. The first kappa shape index (κ1) is 22.5. The standard InChI is InChI=1S/C25H23ClO5/c1-4-15(3)20-13-16(6-11-22(27)17-7-9-19(26)10-8-17)12-18-14-21(24(28)30-5-2)25(29)31-23(18)20/h6-15H,4-5H2,1-3H3/b11-6+. The largest absolute Gasteiger partial charge is 0.462 e. The number of rotatable bonds is 7. The molecule has 0 bridgehead atoms. The number of halogens is 1. The molecule has 0 amide bonds. The van der Waals surface area contributed by atoms with Crippen molar-refractivity contribution in [2.24, 2.45) is 0 Å². The predicted octanol–water partition coefficient (Wildman–Crippen LogP) is 6.03. The monoisotopic (exact) mass is 438 g/mol. The molecule has 3 rings (SSSR count). The van der Waals surface area contributed by atoms with Crippen molar-refractivity contribution < 1.29 is 18.7 Å². The van der Waals surface area contributed by atoms with Gasteiger partial charge in [-0.15, -0.1) is 0 Å². The maximum absolute atomic E-state index is 12.5. The van der Waals surface area contributed by atoms with Crippen molar-refractivity contribution in [3.8, 4) is 0 Å². The van der Waals surface area contributed by atoms with Crippen LogP contribution in [0.1, 0.15) is 65.0 Å². The third kappa shape index (κ3) is 5.12. The Morgan fingerprint density at radius 3 is 2.48 bits per heavy atom. The van der Waals surface area contributed by atoms with Crippen molar-refractivity contribution in [3.05, 3.63) is 86.2 Å². The van der Waals surface area contributed by atoms with Gasteiger partial charge in [-0.25, -0.2) is 9.59 Å². The van der Waals surface area contributed by atoms with E-state index in [4.69, 9.17) is 20.8 Å². The summed E-state index contributed by atoms with van der Waals surface area (Å²) in [6.07, 6.45) is 4.02. The van der Waals surface area contributed by atoms with Crippen LogP contribution < -0.4 is 5.63 Å². The second-order valence-corrected chi connectivity index (χ2v) is 7.65. The zero-order valence-corrected chi connectivity index (χ0v) is 18.4. The first-order chi connectivity index (χ1) is 14.8. The Balaban J connectivity index is 2.07. The van der Waals surface area contributed by atoms with Gasteiger partial charge in [0.15, 0.2) is 5.78 Å². The number of ketones is 1. The Hall–Kier alpha value is -3.18. The van der Waals surface area contributed by atoms with Gasteiger partial charge in [-0.2, -0.15) is 0 Å². The number of hydrogen-bond acceptors (Lipinski definition) is 5. The van der Waals surface area contributed by atoms with Crippen molar-refractivity contribution in [1.29, 1.82) is 0 Å². The Kier molecular flexibility index (Phi) is 7.08. The van der Waals surface area contributed by atoms with E-state index in [-0.39, 0.29) is 23.9 Å². The molecule has 0 aliphatic carbocycles. The Bertz CT molecular complexity index is 1210. The molecule has 6 heteroatoms. The molecular weight excluding hydrogens is 416 g/mol. The maximum atomic E-state index is 12.5. The van der Waals surface area contributed by atoms with Gasteiger partial charge in [0.25, 0.3) is 0 Å². The summed E-state index contributed by atoms with van der Waals surface area (Å²) in [5.74, 6) is -0.768. The Morgan fingerprint density at radius 2 is 1.84 bits per heavy atom. The number of fused-ring (bicyclic) bond motifs is 1. The van der Waals surface area contributed by atoms with E-state index < -0.39 is 11.6 Å². The minimum Gasteiger partial charge on any atom is -0.462 e. The summed E-state index contributed by atoms with van der Waals surface area (Å²) in [6, 6.07) is 11.8. The number of ether oxygens (including phenoxy) is 1. The Labute approximate surface area is 185 Å². The lowest BCUT2D eigenvalue weighted by atomic mass is 9.93. The van der Waals surface area contributed by atoms with Crippen LogP contribution in [0.5, 0.6) is 0 Å². The van der Waals surface area contributed by atoms with Crippen molar-refractivity contribution in [3.63, 3.8) is 0 Å². The number of carbonyl (C=O) groups is 2. The van der Waals surface area contributed by atoms with Crippen LogP contribution in [0, 0.1) is 0 Å². The summed E-state index contributed by atoms with van der Waals surface area (Å²) in [5, 5.41) is 1.16. The number of hydrogen-bond donors (Lipinski definition) is 0. The molecule has 0 fully saturated rings. The van der Waals surface area contributed by atoms with E-state index >= 15 is 0 Å². The van der Waals surface area contributed by atoms with Crippen molar-refractivity contribution in [2.75, 3.05) is 6.61 Å². The van der Waals surface area contributed by atoms with Crippen LogP contribution >= 0.6 is 11.6 Å². The van der Waals surface area contributed by atoms with E-state index in [1.807, 2.05) is 19.9 Å². The fraction of sp³-hybridized carbons (Fsp3) is 0.240. The SMILES string of the molecule is CCOC(=O)c1cc2cc(/C=C/C(=O)c3ccc(Cl)cc3)cc(C(C)CC)c2oc1=O. The highest BCUT2D eigenvalue weighted by atomic mass is 35.5. The summed E-state index contributed by atoms with van der Waals surface area (Å²) < 4.78 is 10.5. The van der Waals surface area contributed by atoms with E-state index in [1.54, 1.807) is 43.3 Å². The summed E-state index contributed by atoms with van der Waals surface area (Å²) in [6.45, 7) is 5.89. The van der Waals surface area contributed by atoms with Crippen molar-refractivity contribution >= 4 is 40.4 Å². The van der Waals surface area contributed by atoms with Gasteiger partial charge >= 0.3 is 11.6 Å². The molecule has 160 valence electrons. The summed E-state index contributed by atoms with van der Waals surface area (Å²) in [7, 11) is 0. The molecule has 1 unspecified atom stereocenters. The highest BCUT2D eigenvalue weighted by Crippen LogP contribution is 2.29. The molecular formula is C25H23ClO5. The zero-order valence-electron chi connectivity index (χ0n) is 17.6. The molecule has 0 radical (unpaired) electrons. The van der Waals surface area contributed by atoms with E-state index in [2.05, 4.69) is 0 Å². The normalized spacial score (nSPS) is 12.3. The molecule has 0 aliphatic heterocycles. The maximum Gasteiger partial charge on any atom is 0.351 e. The van der Waals surface area contributed by atoms with Crippen LogP contribution in [-0.2, 0) is 4.74 Å². The number of carbonyl (C=O) groups excluding carboxylic acids is 2. The molecule has 5 nitrogen and oxygen atoms in total. The quantitative estimate of drug-likeness (QED) is 0.195. The van der Waals surface area contributed by atoms with Gasteiger partial charge in [0, 0.05) is 16.0 Å². The average molecular weight is 439 g/mol. The first-order valence-corrected chi connectivity index (χ1v) is 10.5. The number of esters is 1. The van der Waals surface area contributed by atoms with Gasteiger partial charge in [-0.1, -0.05) is 31.5 Å². The van der Waals surface area contributed by atoms with Crippen LogP contribution in [0.4, 0.5) is 0 Å². The molecule has 1 atom stereocenters. The molecule has 0 spiro atoms. The van der Waals surface area contributed by atoms with Crippen LogP contribution in [0.25, 0.3) is 17.0 Å². The smallest absolute Gasteiger partial charge is 0.351 e. The van der Waals surface area contributed by atoms with Gasteiger partial charge in [0.1, 0.15) is 11.1 Å². The van der Waals surface area contributed by atoms with E-state index in [0.717, 1.165) is 17.5 Å². The lowest BCUT2D eigenvalue weighted by Gasteiger charge is -2.13. The molecule has 31 heavy (non-hydrogen) atoms. The van der Waals surface area contributed by atoms with Gasteiger partial charge < -0.3 is 9.15 Å².